The lowest BCUT2D eigenvalue weighted by Crippen LogP contribution is -2.48. The Morgan fingerprint density at radius 1 is 1.14 bits per heavy atom. The fourth-order valence-corrected chi connectivity index (χ4v) is 5.26. The lowest BCUT2D eigenvalue weighted by Gasteiger charge is -2.41. The molecule has 1 spiro atoms. The van der Waals surface area contributed by atoms with E-state index >= 15 is 0 Å². The van der Waals surface area contributed by atoms with Gasteiger partial charge in [-0.15, -0.1) is 0 Å². The van der Waals surface area contributed by atoms with E-state index in [1.165, 1.54) is 56.5 Å². The molecule has 6 nitrogen and oxygen atoms in total. The first-order chi connectivity index (χ1) is 14.3. The summed E-state index contributed by atoms with van der Waals surface area (Å²) in [5.74, 6) is 3.64. The van der Waals surface area contributed by atoms with E-state index in [4.69, 9.17) is 9.40 Å². The molecule has 6 heteroatoms. The van der Waals surface area contributed by atoms with Gasteiger partial charge in [0.2, 0.25) is 5.95 Å². The van der Waals surface area contributed by atoms with E-state index in [2.05, 4.69) is 32.4 Å². The van der Waals surface area contributed by atoms with E-state index in [1.807, 2.05) is 6.07 Å². The van der Waals surface area contributed by atoms with Crippen LogP contribution in [0.25, 0.3) is 0 Å². The third-order valence-electron chi connectivity index (χ3n) is 7.14. The summed E-state index contributed by atoms with van der Waals surface area (Å²) in [6, 6.07) is 4.06. The first-order valence-corrected chi connectivity index (χ1v) is 11.3. The van der Waals surface area contributed by atoms with Gasteiger partial charge in [-0.1, -0.05) is 0 Å². The van der Waals surface area contributed by atoms with Crippen LogP contribution < -0.4 is 5.32 Å². The second-order valence-electron chi connectivity index (χ2n) is 9.83. The number of likely N-dealkylation sites (tertiary alicyclic amines) is 1. The zero-order chi connectivity index (χ0) is 19.3. The van der Waals surface area contributed by atoms with Crippen LogP contribution in [-0.2, 0) is 18.5 Å². The Morgan fingerprint density at radius 2 is 2.00 bits per heavy atom. The van der Waals surface area contributed by atoms with Crippen LogP contribution in [0.1, 0.15) is 49.1 Å². The monoisotopic (exact) mass is 393 g/mol. The summed E-state index contributed by atoms with van der Waals surface area (Å²) >= 11 is 0. The summed E-state index contributed by atoms with van der Waals surface area (Å²) in [4.78, 5) is 15.0. The Kier molecular flexibility index (Phi) is 4.38. The molecule has 1 saturated heterocycles. The number of aromatic nitrogens is 2. The van der Waals surface area contributed by atoms with Gasteiger partial charge < -0.3 is 14.6 Å². The van der Waals surface area contributed by atoms with Crippen LogP contribution in [0.15, 0.2) is 29.0 Å². The molecule has 2 aliphatic carbocycles. The molecule has 2 saturated carbocycles. The van der Waals surface area contributed by atoms with Gasteiger partial charge in [0, 0.05) is 49.9 Å². The number of hydrogen-bond donors (Lipinski definition) is 1. The minimum absolute atomic E-state index is 0.119. The molecule has 1 N–H and O–H groups in total. The summed E-state index contributed by atoms with van der Waals surface area (Å²) in [6.07, 6.45) is 10.6. The van der Waals surface area contributed by atoms with Gasteiger partial charge in [0.25, 0.3) is 0 Å². The van der Waals surface area contributed by atoms with E-state index in [0.717, 1.165) is 56.3 Å². The highest BCUT2D eigenvalue weighted by molar-refractivity contribution is 5.38. The van der Waals surface area contributed by atoms with E-state index in [0.29, 0.717) is 0 Å². The molecule has 2 aromatic rings. The molecule has 29 heavy (non-hydrogen) atoms. The Bertz CT molecular complexity index is 860. The number of nitrogens with one attached hydrogen (secondary N) is 1. The first kappa shape index (κ1) is 17.9. The molecular weight excluding hydrogens is 362 g/mol. The van der Waals surface area contributed by atoms with E-state index in [1.54, 1.807) is 6.26 Å². The predicted molar refractivity (Wildman–Crippen MR) is 112 cm³/mol. The molecule has 0 amide bonds. The van der Waals surface area contributed by atoms with Gasteiger partial charge in [0.1, 0.15) is 5.76 Å². The van der Waals surface area contributed by atoms with Crippen molar-refractivity contribution in [3.63, 3.8) is 0 Å². The molecule has 2 aromatic heterocycles. The molecule has 4 heterocycles. The van der Waals surface area contributed by atoms with Gasteiger partial charge in [-0.25, -0.2) is 9.97 Å². The summed E-state index contributed by atoms with van der Waals surface area (Å²) in [7, 11) is 0. The number of furan rings is 1. The number of nitrogens with zero attached hydrogens (tertiary/aromatic N) is 4. The zero-order valence-corrected chi connectivity index (χ0v) is 17.1. The summed E-state index contributed by atoms with van der Waals surface area (Å²) < 4.78 is 5.64. The molecule has 1 atom stereocenters. The maximum atomic E-state index is 5.64. The average molecular weight is 394 g/mol. The molecule has 2 aliphatic heterocycles. The maximum Gasteiger partial charge on any atom is 0.222 e. The average Bonchev–Trinajstić information content (AvgIpc) is 3.63. The quantitative estimate of drug-likeness (QED) is 0.779. The largest absolute Gasteiger partial charge is 0.468 e. The zero-order valence-electron chi connectivity index (χ0n) is 17.1. The van der Waals surface area contributed by atoms with Gasteiger partial charge in [-0.05, 0) is 62.6 Å². The number of rotatable bonds is 7. The predicted octanol–water partition coefficient (Wildman–Crippen LogP) is 3.26. The molecule has 0 radical (unpaired) electrons. The molecule has 3 fully saturated rings. The maximum absolute atomic E-state index is 5.64. The van der Waals surface area contributed by atoms with Gasteiger partial charge in [0.05, 0.1) is 18.5 Å². The number of anilines is 1. The van der Waals surface area contributed by atoms with Crippen molar-refractivity contribution in [2.75, 3.05) is 38.0 Å². The molecule has 0 bridgehead atoms. The minimum Gasteiger partial charge on any atom is -0.468 e. The van der Waals surface area contributed by atoms with E-state index in [-0.39, 0.29) is 5.41 Å². The van der Waals surface area contributed by atoms with Crippen molar-refractivity contribution < 1.29 is 4.42 Å². The molecule has 4 aliphatic rings. The van der Waals surface area contributed by atoms with Gasteiger partial charge in [-0.3, -0.25) is 4.90 Å². The fourth-order valence-electron chi connectivity index (χ4n) is 5.26. The first-order valence-electron chi connectivity index (χ1n) is 11.3. The normalized spacial score (nSPS) is 27.4. The standard InChI is InChI=1S/C23H31N5O/c1-2-20(29-9-1)14-28-13-19-11-25-22(24-10-17-3-4-17)26-21(19)23(16-28)7-8-27(15-23)12-18-5-6-18/h1-2,9,11,17-18H,3-8,10,12-16H2,(H,24,25,26)/t23-/m0/s1. The van der Waals surface area contributed by atoms with E-state index < -0.39 is 0 Å². The highest BCUT2D eigenvalue weighted by Gasteiger charge is 2.47. The lowest BCUT2D eigenvalue weighted by molar-refractivity contribution is 0.151. The molecular formula is C23H31N5O. The van der Waals surface area contributed by atoms with Crippen LogP contribution >= 0.6 is 0 Å². The Hall–Kier alpha value is -1.92. The van der Waals surface area contributed by atoms with Gasteiger partial charge in [0.15, 0.2) is 0 Å². The van der Waals surface area contributed by atoms with Gasteiger partial charge in [-0.2, -0.15) is 0 Å². The number of hydrogen-bond acceptors (Lipinski definition) is 6. The summed E-state index contributed by atoms with van der Waals surface area (Å²) in [5, 5.41) is 3.50. The second kappa shape index (κ2) is 7.10. The Morgan fingerprint density at radius 3 is 2.79 bits per heavy atom. The van der Waals surface area contributed by atoms with Gasteiger partial charge >= 0.3 is 0 Å². The van der Waals surface area contributed by atoms with Crippen molar-refractivity contribution in [3.8, 4) is 0 Å². The number of fused-ring (bicyclic) bond motifs is 2. The third-order valence-corrected chi connectivity index (χ3v) is 7.14. The SMILES string of the molecule is c1coc(CN2Cc3cnc(NCC4CC4)nc3[C@]3(CCN(CC4CC4)C3)C2)c1. The summed E-state index contributed by atoms with van der Waals surface area (Å²) in [6.45, 7) is 7.43. The van der Waals surface area contributed by atoms with Crippen molar-refractivity contribution in [1.29, 1.82) is 0 Å². The fraction of sp³-hybridized carbons (Fsp3) is 0.652. The minimum atomic E-state index is 0.119. The van der Waals surface area contributed by atoms with E-state index in [9.17, 15) is 0 Å². The Balaban J connectivity index is 1.27. The van der Waals surface area contributed by atoms with Crippen LogP contribution in [0, 0.1) is 11.8 Å². The van der Waals surface area contributed by atoms with Crippen molar-refractivity contribution in [1.82, 2.24) is 19.8 Å². The van der Waals surface area contributed by atoms with Crippen molar-refractivity contribution in [2.45, 2.75) is 50.6 Å². The second-order valence-corrected chi connectivity index (χ2v) is 9.83. The molecule has 6 rings (SSSR count). The highest BCUT2D eigenvalue weighted by Crippen LogP contribution is 2.42. The third kappa shape index (κ3) is 3.80. The topological polar surface area (TPSA) is 57.4 Å². The molecule has 0 unspecified atom stereocenters. The summed E-state index contributed by atoms with van der Waals surface area (Å²) in [5.41, 5.74) is 2.72. The molecule has 0 aromatic carbocycles. The van der Waals surface area contributed by atoms with Crippen molar-refractivity contribution in [2.24, 2.45) is 11.8 Å². The lowest BCUT2D eigenvalue weighted by atomic mass is 9.78. The highest BCUT2D eigenvalue weighted by atomic mass is 16.3. The van der Waals surface area contributed by atoms with Crippen molar-refractivity contribution >= 4 is 5.95 Å². The smallest absolute Gasteiger partial charge is 0.222 e. The van der Waals surface area contributed by atoms with Crippen LogP contribution in [0.3, 0.4) is 0 Å². The van der Waals surface area contributed by atoms with Crippen LogP contribution in [0.4, 0.5) is 5.95 Å². The molecule has 154 valence electrons. The van der Waals surface area contributed by atoms with Crippen molar-refractivity contribution in [3.05, 3.63) is 41.6 Å². The van der Waals surface area contributed by atoms with Crippen LogP contribution in [0.2, 0.25) is 0 Å². The van der Waals surface area contributed by atoms with Crippen LogP contribution in [0.5, 0.6) is 0 Å². The van der Waals surface area contributed by atoms with Crippen LogP contribution in [-0.4, -0.2) is 52.5 Å². The Labute approximate surface area is 172 Å².